The first-order valence-corrected chi connectivity index (χ1v) is 45.4. The molecule has 2 aliphatic carbocycles. The average molecular weight is 1620 g/mol. The number of unbranched alkanes of at least 4 members (excludes halogenated alkanes) is 5. The predicted molar refractivity (Wildman–Crippen MR) is 470 cm³/mol. The zero-order valence-corrected chi connectivity index (χ0v) is 71.1. The van der Waals surface area contributed by atoms with Crippen molar-refractivity contribution in [2.24, 2.45) is 5.92 Å². The zero-order valence-electron chi connectivity index (χ0n) is 68.7. The summed E-state index contributed by atoms with van der Waals surface area (Å²) in [6, 6.07) is 39.3. The van der Waals surface area contributed by atoms with Gasteiger partial charge in [-0.25, -0.2) is 4.98 Å². The number of fused-ring (bicyclic) bond motifs is 14. The molecule has 5 aromatic carbocycles. The molecule has 22 heteroatoms. The minimum atomic E-state index is -4.20. The van der Waals surface area contributed by atoms with Crippen molar-refractivity contribution in [2.75, 3.05) is 54.9 Å². The van der Waals surface area contributed by atoms with Gasteiger partial charge in [0.25, 0.3) is 20.2 Å². The summed E-state index contributed by atoms with van der Waals surface area (Å²) in [6.07, 6.45) is 16.5. The van der Waals surface area contributed by atoms with Gasteiger partial charge in [0.15, 0.2) is 11.5 Å². The first-order chi connectivity index (χ1) is 55.4. The van der Waals surface area contributed by atoms with Crippen molar-refractivity contribution in [1.82, 2.24) is 30.6 Å². The molecule has 0 saturated heterocycles. The minimum absolute atomic E-state index is 0.0278. The van der Waals surface area contributed by atoms with Crippen LogP contribution in [0.3, 0.4) is 0 Å². The van der Waals surface area contributed by atoms with Crippen molar-refractivity contribution in [2.45, 2.75) is 200 Å². The van der Waals surface area contributed by atoms with Crippen LogP contribution in [0.15, 0.2) is 166 Å². The number of thioether (sulfide) groups is 1. The van der Waals surface area contributed by atoms with Gasteiger partial charge in [-0.2, -0.15) is 21.4 Å². The maximum Gasteiger partial charge on any atom is 0.264 e. The number of Topliss-reactive ketones (excluding diaryl/α,β-unsaturated/α-hetero) is 1. The van der Waals surface area contributed by atoms with E-state index in [-0.39, 0.29) is 85.8 Å². The van der Waals surface area contributed by atoms with E-state index in [1.165, 1.54) is 0 Å². The van der Waals surface area contributed by atoms with Gasteiger partial charge in [-0.05, 0) is 214 Å². The number of allylic oxidation sites excluding steroid dienone is 9. The second-order valence-electron chi connectivity index (χ2n) is 33.3. The Bertz CT molecular complexity index is 5880. The lowest BCUT2D eigenvalue weighted by Crippen LogP contribution is -2.38. The summed E-state index contributed by atoms with van der Waals surface area (Å²) >= 11 is 1.60. The number of nitrogens with zero attached hydrogens (tertiary/aromatic N) is 4. The molecule has 7 heterocycles. The third kappa shape index (κ3) is 17.1. The number of rotatable bonds is 30. The molecule has 6 aliphatic rings. The number of carbonyl (C=O) groups excluding carboxylic acids is 3. The van der Waals surface area contributed by atoms with E-state index < -0.39 is 37.0 Å². The number of H-pyrrole nitrogens is 2. The number of hydrogen-bond acceptors (Lipinski definition) is 13. The summed E-state index contributed by atoms with van der Waals surface area (Å²) in [6.45, 7) is 25.7. The Hall–Kier alpha value is -9.55. The Balaban J connectivity index is 0.782. The van der Waals surface area contributed by atoms with Gasteiger partial charge in [0, 0.05) is 152 Å². The molecule has 0 spiro atoms. The summed E-state index contributed by atoms with van der Waals surface area (Å²) in [5.74, 6) is -2.00. The summed E-state index contributed by atoms with van der Waals surface area (Å²) < 4.78 is 76.8. The SMILES string of the molecule is CCCCCCOC(C)c1c(C)c2cc3nc(c4c5[nH]c(cc6nc(cc1[nH]2)C(C)=C6CC)c(C)c5C(=O)C4)[C@@H](CCC(=O)NCCNC(=O)C1CC(/C=C/C2=[N+](CCCCS(=O)(=O)O)c4ccc5ccccc5c4C2(C)C)=C(Sc2ccc(N)cc2)C(=C/C=C2/N(CCCCS(=O)(=O)O)c4ccc5ccccc5c4C2(C)C)/C1)[C@@H]3C. The molecule has 3 aromatic heterocycles. The maximum absolute atomic E-state index is 15.4. The smallest absolute Gasteiger partial charge is 0.264 e. The van der Waals surface area contributed by atoms with E-state index in [1.807, 2.05) is 55.5 Å². The predicted octanol–water partition coefficient (Wildman–Crippen LogP) is 19.5. The molecule has 4 atom stereocenters. The number of nitrogens with one attached hydrogen (secondary N) is 4. The normalized spacial score (nSPS) is 18.8. The van der Waals surface area contributed by atoms with Crippen molar-refractivity contribution >= 4 is 127 Å². The molecule has 0 radical (unpaired) electrons. The Labute approximate surface area is 686 Å². The molecule has 8 N–H and O–H groups in total. The van der Waals surface area contributed by atoms with E-state index in [9.17, 15) is 35.5 Å². The van der Waals surface area contributed by atoms with Crippen molar-refractivity contribution in [1.29, 1.82) is 0 Å². The standard InChI is InChI=1S/C94H109N9O10S3/c1-12-14-15-22-47-113-60(7)85-58(5)75-53-74-57(4)69(89(100-74)72-52-81(104)86-59(6)76(101-90(72)86)54-77-68(13-2)56(3)73(98-77)55-78(85)99-75)37-42-84(105)96-43-44-97-92(106)65-50-63(31-40-82-93(8,9)87-70-27-18-16-25-61(70)29-38-79(87)102(82)45-20-23-48-115(107,108)109)91(114-67-35-33-66(95)34-36-67)64(51-65)32-41-83-94(10,11)88-71-28-19-17-26-62(71)30-39-80(88)103(83)46-21-24-49-116(110,111)112/h16-19,25-36,38-41,53-55,57,60,65,69H,12-15,20-24,37,42-52,95H2,1-11H3,(H5-,96,97,98,99,100,101,104,105,106,107,108,109,110,111,112)/p+1/t57-,60?,69-/m0/s1. The number of nitrogen functional groups attached to an aromatic ring is 1. The van der Waals surface area contributed by atoms with E-state index in [1.54, 1.807) is 11.8 Å². The molecular weight excluding hydrogens is 1510 g/mol. The second kappa shape index (κ2) is 34.2. The Morgan fingerprint density at radius 2 is 1.43 bits per heavy atom. The molecule has 8 aromatic rings. The molecule has 19 nitrogen and oxygen atoms in total. The number of ketones is 1. The second-order valence-corrected chi connectivity index (χ2v) is 37.5. The lowest BCUT2D eigenvalue weighted by molar-refractivity contribution is -0.438. The Morgan fingerprint density at radius 3 is 2.15 bits per heavy atom. The number of anilines is 2. The van der Waals surface area contributed by atoms with Crippen LogP contribution in [-0.4, -0.2) is 118 Å². The third-order valence-electron chi connectivity index (χ3n) is 24.8. The molecule has 116 heavy (non-hydrogen) atoms. The maximum atomic E-state index is 15.4. The minimum Gasteiger partial charge on any atom is -0.399 e. The van der Waals surface area contributed by atoms with Crippen LogP contribution in [0.4, 0.5) is 17.1 Å². The number of hydrogen-bond donors (Lipinski definition) is 7. The lowest BCUT2D eigenvalue weighted by Gasteiger charge is -2.29. The monoisotopic (exact) mass is 1620 g/mol. The molecule has 2 unspecified atom stereocenters. The molecule has 14 rings (SSSR count). The number of aryl methyl sites for hydroxylation is 2. The molecule has 0 saturated carbocycles. The van der Waals surface area contributed by atoms with Crippen LogP contribution in [0.2, 0.25) is 0 Å². The van der Waals surface area contributed by atoms with Gasteiger partial charge in [0.2, 0.25) is 17.5 Å². The van der Waals surface area contributed by atoms with Crippen LogP contribution in [0, 0.1) is 19.8 Å². The van der Waals surface area contributed by atoms with Gasteiger partial charge in [-0.1, -0.05) is 132 Å². The molecule has 2 amide bonds. The number of aromatic amines is 2. The fourth-order valence-electron chi connectivity index (χ4n) is 18.7. The molecule has 4 aliphatic heterocycles. The average Bonchev–Trinajstić information content (AvgIpc) is 1.59. The summed E-state index contributed by atoms with van der Waals surface area (Å²) in [5.41, 5.74) is 27.5. The highest BCUT2D eigenvalue weighted by Gasteiger charge is 2.47. The number of benzene rings is 5. The van der Waals surface area contributed by atoms with Gasteiger partial charge in [0.05, 0.1) is 45.6 Å². The Morgan fingerprint density at radius 1 is 0.750 bits per heavy atom. The van der Waals surface area contributed by atoms with E-state index in [0.29, 0.717) is 63.1 Å². The highest BCUT2D eigenvalue weighted by Crippen LogP contribution is 2.53. The molecule has 0 fully saturated rings. The van der Waals surface area contributed by atoms with Gasteiger partial charge in [0.1, 0.15) is 6.54 Å². The largest absolute Gasteiger partial charge is 0.399 e. The number of carbonyl (C=O) groups is 3. The fraction of sp³-hybridized carbons (Fsp3) is 0.404. The van der Waals surface area contributed by atoms with Crippen LogP contribution < -0.4 is 21.3 Å². The van der Waals surface area contributed by atoms with Crippen LogP contribution in [-0.2, 0) is 51.8 Å². The van der Waals surface area contributed by atoms with Gasteiger partial charge in [-0.3, -0.25) is 28.5 Å². The molecule has 8 bridgehead atoms. The summed E-state index contributed by atoms with van der Waals surface area (Å²) in [7, 11) is -8.39. The van der Waals surface area contributed by atoms with Crippen molar-refractivity contribution in [3.8, 4) is 0 Å². The van der Waals surface area contributed by atoms with Crippen LogP contribution in [0.5, 0.6) is 0 Å². The van der Waals surface area contributed by atoms with Crippen LogP contribution >= 0.6 is 11.8 Å². The van der Waals surface area contributed by atoms with Gasteiger partial charge < -0.3 is 36.0 Å². The summed E-state index contributed by atoms with van der Waals surface area (Å²) in [4.78, 5) is 66.6. The number of ether oxygens (including phenoxy) is 1. The van der Waals surface area contributed by atoms with Gasteiger partial charge in [-0.15, -0.1) is 0 Å². The first kappa shape index (κ1) is 83.0. The number of amides is 2. The fourth-order valence-corrected chi connectivity index (χ4v) is 20.9. The van der Waals surface area contributed by atoms with Crippen molar-refractivity contribution < 1.29 is 49.6 Å². The van der Waals surface area contributed by atoms with Crippen LogP contribution in [0.1, 0.15) is 230 Å². The van der Waals surface area contributed by atoms with Crippen LogP contribution in [0.25, 0.3) is 54.8 Å². The third-order valence-corrected chi connectivity index (χ3v) is 27.6. The van der Waals surface area contributed by atoms with E-state index in [4.69, 9.17) is 20.4 Å². The van der Waals surface area contributed by atoms with E-state index >= 15 is 4.79 Å². The van der Waals surface area contributed by atoms with Crippen molar-refractivity contribution in [3.63, 3.8) is 0 Å². The Kier molecular flexibility index (Phi) is 24.4. The highest BCUT2D eigenvalue weighted by molar-refractivity contribution is 8.03. The molecule has 608 valence electrons. The number of nitrogens with two attached hydrogens (primary N) is 1. The summed E-state index contributed by atoms with van der Waals surface area (Å²) in [5, 5.41) is 10.8. The van der Waals surface area contributed by atoms with Gasteiger partial charge >= 0.3 is 0 Å². The first-order valence-electron chi connectivity index (χ1n) is 41.3. The zero-order chi connectivity index (χ0) is 82.3. The van der Waals surface area contributed by atoms with E-state index in [0.717, 1.165) is 187 Å². The molecular formula is C94H110N9O10S3+. The number of aromatic nitrogens is 4. The van der Waals surface area contributed by atoms with Crippen molar-refractivity contribution in [3.05, 3.63) is 223 Å². The lowest BCUT2D eigenvalue weighted by atomic mass is 9.78. The highest BCUT2D eigenvalue weighted by atomic mass is 32.2. The van der Waals surface area contributed by atoms with E-state index in [2.05, 4.69) is 190 Å². The quantitative estimate of drug-likeness (QED) is 0.00954. The topological polar surface area (TPSA) is 283 Å².